The van der Waals surface area contributed by atoms with E-state index in [2.05, 4.69) is 10.1 Å². The van der Waals surface area contributed by atoms with Gasteiger partial charge >= 0.3 is 6.18 Å². The minimum absolute atomic E-state index is 0.138. The van der Waals surface area contributed by atoms with Crippen LogP contribution >= 0.6 is 22.7 Å². The van der Waals surface area contributed by atoms with Crippen molar-refractivity contribution in [2.75, 3.05) is 0 Å². The van der Waals surface area contributed by atoms with E-state index in [4.69, 9.17) is 0 Å². The van der Waals surface area contributed by atoms with Gasteiger partial charge in [0.15, 0.2) is 0 Å². The molecule has 1 aromatic carbocycles. The number of rotatable bonds is 2. The molecule has 0 aliphatic heterocycles. The Morgan fingerprint density at radius 3 is 2.68 bits per heavy atom. The van der Waals surface area contributed by atoms with Crippen molar-refractivity contribution >= 4 is 43.1 Å². The molecule has 5 rings (SSSR count). The molecule has 4 aromatic heterocycles. The van der Waals surface area contributed by atoms with Gasteiger partial charge in [0.25, 0.3) is 5.56 Å². The van der Waals surface area contributed by atoms with Gasteiger partial charge in [-0.15, -0.1) is 22.7 Å². The topological polar surface area (TPSA) is 50.7 Å². The molecule has 0 saturated carbocycles. The molecule has 0 amide bonds. The molecule has 0 spiro atoms. The smallest absolute Gasteiger partial charge is 0.289 e. The second-order valence-corrected chi connectivity index (χ2v) is 8.08. The van der Waals surface area contributed by atoms with Gasteiger partial charge in [0.2, 0.25) is 0 Å². The van der Waals surface area contributed by atoms with Crippen molar-refractivity contribution in [3.63, 3.8) is 0 Å². The summed E-state index contributed by atoms with van der Waals surface area (Å²) in [6.45, 7) is 0. The van der Waals surface area contributed by atoms with Gasteiger partial charge < -0.3 is 0 Å². The standard InChI is InChI=1S/C19H10F3N3OS2/c20-19(21,22)10-3-1-4-11(9-10)25-18(26)16-15(24-25)12-6-7-13(23-17(12)28-16)14-5-2-8-27-14/h1-9,24H. The van der Waals surface area contributed by atoms with E-state index in [0.29, 0.717) is 15.0 Å². The molecule has 0 unspecified atom stereocenters. The highest BCUT2D eigenvalue weighted by Gasteiger charge is 2.30. The van der Waals surface area contributed by atoms with Gasteiger partial charge in [-0.1, -0.05) is 12.1 Å². The zero-order valence-electron chi connectivity index (χ0n) is 13.9. The molecule has 28 heavy (non-hydrogen) atoms. The Balaban J connectivity index is 1.67. The minimum atomic E-state index is -4.47. The number of hydrogen-bond acceptors (Lipinski definition) is 4. The fraction of sp³-hybridized carbons (Fsp3) is 0.0526. The summed E-state index contributed by atoms with van der Waals surface area (Å²) in [7, 11) is 0. The van der Waals surface area contributed by atoms with Crippen LogP contribution < -0.4 is 5.56 Å². The number of hydrogen-bond donors (Lipinski definition) is 1. The first kappa shape index (κ1) is 17.2. The molecule has 0 radical (unpaired) electrons. The second-order valence-electron chi connectivity index (χ2n) is 6.13. The number of pyridine rings is 1. The molecule has 4 heterocycles. The number of nitrogens with one attached hydrogen (secondary N) is 1. The van der Waals surface area contributed by atoms with Crippen LogP contribution in [0.2, 0.25) is 0 Å². The third-order valence-electron chi connectivity index (χ3n) is 4.38. The summed E-state index contributed by atoms with van der Waals surface area (Å²) in [5, 5.41) is 5.68. The molecule has 1 N–H and O–H groups in total. The summed E-state index contributed by atoms with van der Waals surface area (Å²) in [5.74, 6) is 0. The Bertz CT molecular complexity index is 1380. The number of fused-ring (bicyclic) bond motifs is 3. The van der Waals surface area contributed by atoms with Gasteiger partial charge in [0.1, 0.15) is 9.53 Å². The number of nitrogens with zero attached hydrogens (tertiary/aromatic N) is 2. The van der Waals surface area contributed by atoms with E-state index in [1.807, 2.05) is 29.6 Å². The molecule has 5 aromatic rings. The Kier molecular flexibility index (Phi) is 3.72. The van der Waals surface area contributed by atoms with E-state index in [0.717, 1.165) is 32.8 Å². The Morgan fingerprint density at radius 1 is 1.07 bits per heavy atom. The number of thiophene rings is 2. The lowest BCUT2D eigenvalue weighted by molar-refractivity contribution is -0.137. The van der Waals surface area contributed by atoms with Gasteiger partial charge in [0.05, 0.1) is 27.3 Å². The van der Waals surface area contributed by atoms with E-state index in [-0.39, 0.29) is 5.69 Å². The largest absolute Gasteiger partial charge is 0.416 e. The number of benzene rings is 1. The van der Waals surface area contributed by atoms with Crippen molar-refractivity contribution in [3.05, 3.63) is 69.8 Å². The van der Waals surface area contributed by atoms with Crippen LogP contribution in [0.4, 0.5) is 13.2 Å². The minimum Gasteiger partial charge on any atom is -0.289 e. The van der Waals surface area contributed by atoms with Crippen molar-refractivity contribution in [1.82, 2.24) is 14.8 Å². The monoisotopic (exact) mass is 417 g/mol. The molecule has 0 aliphatic carbocycles. The van der Waals surface area contributed by atoms with E-state index in [1.165, 1.54) is 23.5 Å². The summed E-state index contributed by atoms with van der Waals surface area (Å²) in [5.41, 5.74) is 0.341. The highest BCUT2D eigenvalue weighted by molar-refractivity contribution is 7.25. The number of H-pyrrole nitrogens is 1. The highest BCUT2D eigenvalue weighted by Crippen LogP contribution is 2.34. The average molecular weight is 417 g/mol. The maximum Gasteiger partial charge on any atom is 0.416 e. The van der Waals surface area contributed by atoms with Crippen LogP contribution in [0.1, 0.15) is 5.56 Å². The molecule has 140 valence electrons. The fourth-order valence-corrected chi connectivity index (χ4v) is 4.82. The molecule has 0 bridgehead atoms. The Morgan fingerprint density at radius 2 is 1.93 bits per heavy atom. The quantitative estimate of drug-likeness (QED) is 0.402. The van der Waals surface area contributed by atoms with Crippen LogP contribution in [0.15, 0.2) is 58.7 Å². The van der Waals surface area contributed by atoms with E-state index < -0.39 is 17.3 Å². The Hall–Kier alpha value is -2.91. The van der Waals surface area contributed by atoms with Crippen molar-refractivity contribution in [3.8, 4) is 16.3 Å². The maximum absolute atomic E-state index is 13.0. The second kappa shape index (κ2) is 6.05. The SMILES string of the molecule is O=c1c2sc3nc(-c4cccs4)ccc3c2[nH]n1-c1cccc(C(F)(F)F)c1. The third-order valence-corrected chi connectivity index (χ3v) is 6.36. The average Bonchev–Trinajstić information content (AvgIpc) is 3.38. The molecule has 0 fully saturated rings. The predicted octanol–water partition coefficient (Wildman–Crippen LogP) is 5.68. The fourth-order valence-electron chi connectivity index (χ4n) is 3.07. The number of alkyl halides is 3. The van der Waals surface area contributed by atoms with Gasteiger partial charge in [0, 0.05) is 5.39 Å². The summed E-state index contributed by atoms with van der Waals surface area (Å²) >= 11 is 2.81. The summed E-state index contributed by atoms with van der Waals surface area (Å²) in [4.78, 5) is 19.2. The molecule has 9 heteroatoms. The molecular weight excluding hydrogens is 407 g/mol. The van der Waals surface area contributed by atoms with Crippen LogP contribution in [-0.2, 0) is 6.18 Å². The molecular formula is C19H10F3N3OS2. The highest BCUT2D eigenvalue weighted by atomic mass is 32.1. The van der Waals surface area contributed by atoms with Crippen LogP contribution in [0.25, 0.3) is 36.7 Å². The first-order valence-corrected chi connectivity index (χ1v) is 9.87. The molecule has 0 aliphatic rings. The van der Waals surface area contributed by atoms with Gasteiger partial charge in [-0.05, 0) is 41.8 Å². The molecule has 4 nitrogen and oxygen atoms in total. The maximum atomic E-state index is 13.0. The number of aromatic nitrogens is 3. The zero-order chi connectivity index (χ0) is 19.5. The van der Waals surface area contributed by atoms with Crippen LogP contribution in [0.5, 0.6) is 0 Å². The normalized spacial score (nSPS) is 12.2. The number of halogens is 3. The number of aromatic amines is 1. The van der Waals surface area contributed by atoms with Crippen LogP contribution in [-0.4, -0.2) is 14.8 Å². The van der Waals surface area contributed by atoms with Gasteiger partial charge in [-0.25, -0.2) is 9.67 Å². The molecule has 0 atom stereocenters. The predicted molar refractivity (Wildman–Crippen MR) is 105 cm³/mol. The lowest BCUT2D eigenvalue weighted by Crippen LogP contribution is -2.15. The third kappa shape index (κ3) is 2.66. The van der Waals surface area contributed by atoms with Gasteiger partial charge in [-0.3, -0.25) is 9.89 Å². The van der Waals surface area contributed by atoms with E-state index >= 15 is 0 Å². The lowest BCUT2D eigenvalue weighted by Gasteiger charge is -2.08. The van der Waals surface area contributed by atoms with Crippen molar-refractivity contribution in [2.45, 2.75) is 6.18 Å². The van der Waals surface area contributed by atoms with E-state index in [9.17, 15) is 18.0 Å². The summed E-state index contributed by atoms with van der Waals surface area (Å²) in [6.07, 6.45) is -4.47. The summed E-state index contributed by atoms with van der Waals surface area (Å²) < 4.78 is 40.5. The van der Waals surface area contributed by atoms with Crippen molar-refractivity contribution < 1.29 is 13.2 Å². The van der Waals surface area contributed by atoms with Crippen LogP contribution in [0.3, 0.4) is 0 Å². The Labute approximate surface area is 163 Å². The first-order valence-electron chi connectivity index (χ1n) is 8.17. The lowest BCUT2D eigenvalue weighted by atomic mass is 10.2. The van der Waals surface area contributed by atoms with Gasteiger partial charge in [-0.2, -0.15) is 13.2 Å². The first-order chi connectivity index (χ1) is 13.4. The van der Waals surface area contributed by atoms with E-state index in [1.54, 1.807) is 11.3 Å². The zero-order valence-corrected chi connectivity index (χ0v) is 15.6. The summed E-state index contributed by atoms with van der Waals surface area (Å²) in [6, 6.07) is 12.3. The molecule has 0 saturated heterocycles. The van der Waals surface area contributed by atoms with Crippen LogP contribution in [0, 0.1) is 0 Å². The van der Waals surface area contributed by atoms with Crippen molar-refractivity contribution in [2.24, 2.45) is 0 Å². The van der Waals surface area contributed by atoms with Crippen molar-refractivity contribution in [1.29, 1.82) is 0 Å².